The molecule has 0 unspecified atom stereocenters. The van der Waals surface area contributed by atoms with E-state index in [1.54, 1.807) is 6.92 Å². The van der Waals surface area contributed by atoms with Gasteiger partial charge in [-0.3, -0.25) is 4.79 Å². The monoisotopic (exact) mass is 259 g/mol. The van der Waals surface area contributed by atoms with Gasteiger partial charge >= 0.3 is 6.18 Å². The lowest BCUT2D eigenvalue weighted by molar-refractivity contribution is -0.139. The molecular formula is C12H9F4NO. The first-order valence-electron chi connectivity index (χ1n) is 5.11. The zero-order valence-electron chi connectivity index (χ0n) is 9.57. The van der Waals surface area contributed by atoms with Gasteiger partial charge in [0.05, 0.1) is 11.1 Å². The van der Waals surface area contributed by atoms with Crippen molar-refractivity contribution in [2.24, 2.45) is 0 Å². The highest BCUT2D eigenvalue weighted by atomic mass is 19.4. The molecule has 0 aliphatic heterocycles. The summed E-state index contributed by atoms with van der Waals surface area (Å²) in [6.07, 6.45) is -4.78. The number of alkyl halides is 3. The van der Waals surface area contributed by atoms with Gasteiger partial charge in [0.2, 0.25) is 0 Å². The van der Waals surface area contributed by atoms with Crippen LogP contribution in [0, 0.1) is 19.7 Å². The van der Waals surface area contributed by atoms with E-state index in [1.165, 1.54) is 6.92 Å². The summed E-state index contributed by atoms with van der Waals surface area (Å²) in [5, 5.41) is -0.0800. The number of H-pyrrole nitrogens is 1. The quantitative estimate of drug-likeness (QED) is 0.723. The molecule has 18 heavy (non-hydrogen) atoms. The molecule has 0 saturated heterocycles. The van der Waals surface area contributed by atoms with Crippen LogP contribution in [-0.2, 0) is 6.18 Å². The number of pyridine rings is 1. The Kier molecular flexibility index (Phi) is 2.68. The normalized spacial score (nSPS) is 12.1. The smallest absolute Gasteiger partial charge is 0.358 e. The third-order valence-corrected chi connectivity index (χ3v) is 2.88. The Bertz CT molecular complexity index is 685. The van der Waals surface area contributed by atoms with Gasteiger partial charge in [-0.05, 0) is 26.0 Å². The van der Waals surface area contributed by atoms with E-state index < -0.39 is 23.0 Å². The van der Waals surface area contributed by atoms with Gasteiger partial charge < -0.3 is 4.98 Å². The SMILES string of the molecule is Cc1[nH]c2cc(C(F)(F)F)c(F)cc2c(=O)c1C. The average Bonchev–Trinajstić information content (AvgIpc) is 2.25. The summed E-state index contributed by atoms with van der Waals surface area (Å²) >= 11 is 0. The molecule has 2 aromatic rings. The first-order chi connectivity index (χ1) is 8.21. The second-order valence-corrected chi connectivity index (χ2v) is 4.08. The van der Waals surface area contributed by atoms with Crippen LogP contribution >= 0.6 is 0 Å². The van der Waals surface area contributed by atoms with E-state index >= 15 is 0 Å². The summed E-state index contributed by atoms with van der Waals surface area (Å²) in [6.45, 7) is 3.11. The molecule has 2 nitrogen and oxygen atoms in total. The number of aromatic amines is 1. The average molecular weight is 259 g/mol. The molecule has 0 saturated carbocycles. The molecule has 0 aliphatic carbocycles. The van der Waals surface area contributed by atoms with Crippen LogP contribution in [0.4, 0.5) is 17.6 Å². The molecule has 0 spiro atoms. The molecule has 0 radical (unpaired) electrons. The number of aryl methyl sites for hydroxylation is 1. The maximum absolute atomic E-state index is 13.4. The fourth-order valence-corrected chi connectivity index (χ4v) is 1.75. The zero-order valence-corrected chi connectivity index (χ0v) is 9.57. The Morgan fingerprint density at radius 3 is 2.33 bits per heavy atom. The number of aromatic nitrogens is 1. The summed E-state index contributed by atoms with van der Waals surface area (Å²) in [5.41, 5.74) is -1.03. The van der Waals surface area contributed by atoms with Crippen molar-refractivity contribution in [3.05, 3.63) is 45.0 Å². The van der Waals surface area contributed by atoms with E-state index in [0.717, 1.165) is 0 Å². The standard InChI is InChI=1S/C12H9F4NO/c1-5-6(2)17-10-4-8(12(14,15)16)9(13)3-7(10)11(5)18/h3-4H,1-2H3,(H,17,18). The van der Waals surface area contributed by atoms with Gasteiger partial charge in [0, 0.05) is 16.6 Å². The number of hydrogen-bond donors (Lipinski definition) is 1. The van der Waals surface area contributed by atoms with Gasteiger partial charge in [-0.1, -0.05) is 0 Å². The predicted molar refractivity (Wildman–Crippen MR) is 59.0 cm³/mol. The summed E-state index contributed by atoms with van der Waals surface area (Å²) in [4.78, 5) is 14.5. The lowest BCUT2D eigenvalue weighted by Crippen LogP contribution is -2.13. The lowest BCUT2D eigenvalue weighted by atomic mass is 10.1. The van der Waals surface area contributed by atoms with Gasteiger partial charge in [-0.2, -0.15) is 13.2 Å². The van der Waals surface area contributed by atoms with Gasteiger partial charge in [0.1, 0.15) is 5.82 Å². The van der Waals surface area contributed by atoms with Crippen LogP contribution in [0.1, 0.15) is 16.8 Å². The highest BCUT2D eigenvalue weighted by Gasteiger charge is 2.34. The molecule has 1 aromatic carbocycles. The van der Waals surface area contributed by atoms with Crippen molar-refractivity contribution < 1.29 is 17.6 Å². The second-order valence-electron chi connectivity index (χ2n) is 4.08. The first kappa shape index (κ1) is 12.6. The van der Waals surface area contributed by atoms with Crippen LogP contribution in [-0.4, -0.2) is 4.98 Å². The van der Waals surface area contributed by atoms with Crippen molar-refractivity contribution in [3.63, 3.8) is 0 Å². The summed E-state index contributed by atoms with van der Waals surface area (Å²) in [5.74, 6) is -1.44. The van der Waals surface area contributed by atoms with Crippen molar-refractivity contribution in [2.75, 3.05) is 0 Å². The summed E-state index contributed by atoms with van der Waals surface area (Å²) in [6, 6.07) is 1.25. The number of hydrogen-bond acceptors (Lipinski definition) is 1. The molecule has 1 aromatic heterocycles. The van der Waals surface area contributed by atoms with Crippen LogP contribution < -0.4 is 5.43 Å². The largest absolute Gasteiger partial charge is 0.419 e. The molecule has 6 heteroatoms. The number of nitrogens with one attached hydrogen (secondary N) is 1. The molecule has 2 rings (SSSR count). The van der Waals surface area contributed by atoms with Crippen LogP contribution in [0.5, 0.6) is 0 Å². The number of benzene rings is 1. The van der Waals surface area contributed by atoms with Crippen molar-refractivity contribution >= 4 is 10.9 Å². The van der Waals surface area contributed by atoms with E-state index in [2.05, 4.69) is 4.98 Å². The fourth-order valence-electron chi connectivity index (χ4n) is 1.75. The zero-order chi connectivity index (χ0) is 13.7. The van der Waals surface area contributed by atoms with E-state index in [4.69, 9.17) is 0 Å². The third kappa shape index (κ3) is 1.87. The Balaban J connectivity index is 2.90. The van der Waals surface area contributed by atoms with E-state index in [1.807, 2.05) is 0 Å². The molecular weight excluding hydrogens is 250 g/mol. The maximum Gasteiger partial charge on any atom is 0.419 e. The van der Waals surface area contributed by atoms with E-state index in [9.17, 15) is 22.4 Å². The Labute approximate surface area is 99.3 Å². The number of rotatable bonds is 0. The van der Waals surface area contributed by atoms with Gasteiger partial charge in [-0.25, -0.2) is 4.39 Å². The predicted octanol–water partition coefficient (Wildman–Crippen LogP) is 3.30. The van der Waals surface area contributed by atoms with Crippen molar-refractivity contribution in [2.45, 2.75) is 20.0 Å². The molecule has 0 atom stereocenters. The minimum absolute atomic E-state index is 0.0168. The van der Waals surface area contributed by atoms with E-state index in [0.29, 0.717) is 23.4 Å². The molecule has 0 aliphatic rings. The summed E-state index contributed by atoms with van der Waals surface area (Å²) < 4.78 is 50.9. The molecule has 0 amide bonds. The number of fused-ring (bicyclic) bond motifs is 1. The molecule has 96 valence electrons. The van der Waals surface area contributed by atoms with E-state index in [-0.39, 0.29) is 10.9 Å². The minimum atomic E-state index is -4.78. The maximum atomic E-state index is 13.4. The van der Waals surface area contributed by atoms with Crippen LogP contribution in [0.15, 0.2) is 16.9 Å². The van der Waals surface area contributed by atoms with Crippen LogP contribution in [0.3, 0.4) is 0 Å². The number of halogens is 4. The van der Waals surface area contributed by atoms with Gasteiger partial charge in [-0.15, -0.1) is 0 Å². The topological polar surface area (TPSA) is 32.9 Å². The van der Waals surface area contributed by atoms with Crippen LogP contribution in [0.2, 0.25) is 0 Å². The highest BCUT2D eigenvalue weighted by Crippen LogP contribution is 2.33. The second kappa shape index (κ2) is 3.83. The third-order valence-electron chi connectivity index (χ3n) is 2.88. The van der Waals surface area contributed by atoms with Gasteiger partial charge in [0.25, 0.3) is 0 Å². The van der Waals surface area contributed by atoms with Crippen molar-refractivity contribution in [3.8, 4) is 0 Å². The Morgan fingerprint density at radius 1 is 1.17 bits per heavy atom. The Morgan fingerprint density at radius 2 is 1.78 bits per heavy atom. The Hall–Kier alpha value is -1.85. The molecule has 0 fully saturated rings. The lowest BCUT2D eigenvalue weighted by Gasteiger charge is -2.10. The van der Waals surface area contributed by atoms with Crippen molar-refractivity contribution in [1.82, 2.24) is 4.98 Å². The fraction of sp³-hybridized carbons (Fsp3) is 0.250. The summed E-state index contributed by atoms with van der Waals surface area (Å²) in [7, 11) is 0. The first-order valence-corrected chi connectivity index (χ1v) is 5.11. The highest BCUT2D eigenvalue weighted by molar-refractivity contribution is 5.80. The van der Waals surface area contributed by atoms with Crippen LogP contribution in [0.25, 0.3) is 10.9 Å². The van der Waals surface area contributed by atoms with Crippen molar-refractivity contribution in [1.29, 1.82) is 0 Å². The molecule has 1 N–H and O–H groups in total. The molecule has 1 heterocycles. The van der Waals surface area contributed by atoms with Gasteiger partial charge in [0.15, 0.2) is 5.43 Å². The molecule has 0 bridgehead atoms. The minimum Gasteiger partial charge on any atom is -0.358 e.